The number of aliphatic imine (C=N–C) groups is 1. The summed E-state index contributed by atoms with van der Waals surface area (Å²) >= 11 is 0. The predicted octanol–water partition coefficient (Wildman–Crippen LogP) is 3.07. The molecule has 0 N–H and O–H groups in total. The summed E-state index contributed by atoms with van der Waals surface area (Å²) in [5.41, 5.74) is 1.81. The fourth-order valence-corrected chi connectivity index (χ4v) is 3.49. The molecule has 3 heterocycles. The number of allylic oxidation sites excluding steroid dienone is 1. The first kappa shape index (κ1) is 18.4. The molecule has 148 valence electrons. The maximum Gasteiger partial charge on any atom is 0.168 e. The first-order valence-electron chi connectivity index (χ1n) is 8.65. The zero-order chi connectivity index (χ0) is 20.0. The highest BCUT2D eigenvalue weighted by Crippen LogP contribution is 2.37. The van der Waals surface area contributed by atoms with Gasteiger partial charge in [0.25, 0.3) is 0 Å². The van der Waals surface area contributed by atoms with Crippen molar-refractivity contribution in [3.05, 3.63) is 69.9 Å². The highest BCUT2D eigenvalue weighted by molar-refractivity contribution is 5.82. The van der Waals surface area contributed by atoms with Gasteiger partial charge in [0.1, 0.15) is 36.4 Å². The maximum atomic E-state index is 14.0. The van der Waals surface area contributed by atoms with E-state index in [9.17, 15) is 13.2 Å². The van der Waals surface area contributed by atoms with E-state index in [0.717, 1.165) is 29.2 Å². The summed E-state index contributed by atoms with van der Waals surface area (Å²) in [4.78, 5) is 13.8. The number of ether oxygens (including phenoxy) is 1. The summed E-state index contributed by atoms with van der Waals surface area (Å²) in [5, 5.41) is 1.66. The van der Waals surface area contributed by atoms with E-state index in [1.807, 2.05) is 30.0 Å². The summed E-state index contributed by atoms with van der Waals surface area (Å²) in [5.74, 6) is -1.98. The van der Waals surface area contributed by atoms with Crippen LogP contribution < -0.4 is 0 Å². The topological polar surface area (TPSA) is 40.5 Å². The minimum absolute atomic E-state index is 0.433. The number of rotatable bonds is 4. The Morgan fingerprint density at radius 3 is 2.68 bits per heavy atom. The molecule has 1 aromatic carbocycles. The standard InChI is InChI=1S/C19H19F3N4O2/c1-11-7-24(2)19-17(23-6-12-8-25(27-3)10-26(12)19)18(11)28-9-13-14(20)4-5-15(21)16(13)22/h4-6,8H,7,9-10H2,1-3H3. The quantitative estimate of drug-likeness (QED) is 0.737. The molecule has 0 aliphatic carbocycles. The van der Waals surface area contributed by atoms with Crippen LogP contribution in [0.4, 0.5) is 13.2 Å². The number of likely N-dealkylation sites (N-methyl/N-ethyl adjacent to an activating group) is 1. The molecule has 0 radical (unpaired) electrons. The van der Waals surface area contributed by atoms with Gasteiger partial charge in [-0.1, -0.05) is 0 Å². The molecule has 0 aromatic heterocycles. The normalized spacial score (nSPS) is 18.6. The Morgan fingerprint density at radius 1 is 1.18 bits per heavy atom. The van der Waals surface area contributed by atoms with E-state index in [1.165, 1.54) is 0 Å². The third kappa shape index (κ3) is 2.91. The van der Waals surface area contributed by atoms with Crippen LogP contribution in [0.2, 0.25) is 0 Å². The molecule has 0 saturated carbocycles. The first-order valence-corrected chi connectivity index (χ1v) is 8.65. The Kier molecular flexibility index (Phi) is 4.54. The van der Waals surface area contributed by atoms with Gasteiger partial charge in [-0.05, 0) is 24.6 Å². The summed E-state index contributed by atoms with van der Waals surface area (Å²) in [6, 6.07) is 1.64. The lowest BCUT2D eigenvalue weighted by Gasteiger charge is -2.38. The molecule has 0 amide bonds. The number of nitrogens with zero attached hydrogens (tertiary/aromatic N) is 4. The van der Waals surface area contributed by atoms with Gasteiger partial charge in [0.05, 0.1) is 30.8 Å². The highest BCUT2D eigenvalue weighted by atomic mass is 19.2. The van der Waals surface area contributed by atoms with Crippen molar-refractivity contribution >= 4 is 6.21 Å². The number of benzene rings is 1. The van der Waals surface area contributed by atoms with Crippen LogP contribution in [0, 0.1) is 17.5 Å². The summed E-state index contributed by atoms with van der Waals surface area (Å²) in [7, 11) is 3.50. The van der Waals surface area contributed by atoms with Crippen LogP contribution in [-0.4, -0.2) is 48.4 Å². The lowest BCUT2D eigenvalue weighted by atomic mass is 10.1. The van der Waals surface area contributed by atoms with Crippen LogP contribution in [0.3, 0.4) is 0 Å². The molecule has 0 bridgehead atoms. The van der Waals surface area contributed by atoms with Gasteiger partial charge >= 0.3 is 0 Å². The van der Waals surface area contributed by atoms with E-state index in [0.29, 0.717) is 24.7 Å². The molecule has 28 heavy (non-hydrogen) atoms. The van der Waals surface area contributed by atoms with Gasteiger partial charge in [-0.3, -0.25) is 4.84 Å². The zero-order valence-corrected chi connectivity index (χ0v) is 15.7. The Bertz CT molecular complexity index is 955. The molecule has 4 rings (SSSR count). The molecule has 0 unspecified atom stereocenters. The van der Waals surface area contributed by atoms with E-state index in [4.69, 9.17) is 9.57 Å². The molecule has 3 aliphatic heterocycles. The fraction of sp³-hybridized carbons (Fsp3) is 0.316. The number of hydrogen-bond acceptors (Lipinski definition) is 6. The number of hydrogen-bond donors (Lipinski definition) is 0. The van der Waals surface area contributed by atoms with E-state index < -0.39 is 29.6 Å². The summed E-state index contributed by atoms with van der Waals surface area (Å²) in [6.45, 7) is 2.44. The van der Waals surface area contributed by atoms with Crippen LogP contribution in [0.1, 0.15) is 12.5 Å². The molecule has 0 atom stereocenters. The second kappa shape index (κ2) is 6.90. The van der Waals surface area contributed by atoms with Crippen molar-refractivity contribution in [3.63, 3.8) is 0 Å². The fourth-order valence-electron chi connectivity index (χ4n) is 3.49. The van der Waals surface area contributed by atoms with Crippen LogP contribution >= 0.6 is 0 Å². The van der Waals surface area contributed by atoms with Crippen molar-refractivity contribution in [3.8, 4) is 0 Å². The lowest BCUT2D eigenvalue weighted by molar-refractivity contribution is -0.0969. The lowest BCUT2D eigenvalue weighted by Crippen LogP contribution is -2.40. The van der Waals surface area contributed by atoms with Gasteiger partial charge < -0.3 is 14.5 Å². The first-order chi connectivity index (χ1) is 13.4. The number of halogens is 3. The van der Waals surface area contributed by atoms with E-state index in [-0.39, 0.29) is 0 Å². The average Bonchev–Trinajstić information content (AvgIpc) is 3.09. The SMILES string of the molecule is CON1C=C2C=NC3=C(N(C)CC(C)=C3OCc3c(F)ccc(F)c3F)N2C1. The van der Waals surface area contributed by atoms with Crippen molar-refractivity contribution in [1.82, 2.24) is 14.9 Å². The average molecular weight is 392 g/mol. The number of fused-ring (bicyclic) bond motifs is 2. The van der Waals surface area contributed by atoms with Crippen LogP contribution in [0.5, 0.6) is 0 Å². The molecule has 0 fully saturated rings. The molecular weight excluding hydrogens is 373 g/mol. The molecule has 3 aliphatic rings. The van der Waals surface area contributed by atoms with Crippen molar-refractivity contribution in [2.45, 2.75) is 13.5 Å². The Balaban J connectivity index is 1.65. The van der Waals surface area contributed by atoms with E-state index in [2.05, 4.69) is 4.99 Å². The van der Waals surface area contributed by atoms with Crippen molar-refractivity contribution in [2.75, 3.05) is 27.4 Å². The molecular formula is C19H19F3N4O2. The highest BCUT2D eigenvalue weighted by Gasteiger charge is 2.35. The molecule has 1 aromatic rings. The minimum atomic E-state index is -1.24. The molecule has 0 spiro atoms. The van der Waals surface area contributed by atoms with Gasteiger partial charge in [0.15, 0.2) is 11.6 Å². The van der Waals surface area contributed by atoms with Crippen molar-refractivity contribution < 1.29 is 22.7 Å². The second-order valence-electron chi connectivity index (χ2n) is 6.73. The summed E-state index contributed by atoms with van der Waals surface area (Å²) < 4.78 is 47.1. The van der Waals surface area contributed by atoms with Gasteiger partial charge in [-0.25, -0.2) is 23.2 Å². The number of hydroxylamine groups is 2. The van der Waals surface area contributed by atoms with Gasteiger partial charge in [-0.2, -0.15) is 0 Å². The van der Waals surface area contributed by atoms with Gasteiger partial charge in [0, 0.05) is 13.6 Å². The van der Waals surface area contributed by atoms with Crippen LogP contribution in [0.25, 0.3) is 0 Å². The van der Waals surface area contributed by atoms with E-state index >= 15 is 0 Å². The second-order valence-corrected chi connectivity index (χ2v) is 6.73. The monoisotopic (exact) mass is 392 g/mol. The smallest absolute Gasteiger partial charge is 0.168 e. The largest absolute Gasteiger partial charge is 0.486 e. The Morgan fingerprint density at radius 2 is 1.93 bits per heavy atom. The van der Waals surface area contributed by atoms with Crippen LogP contribution in [-0.2, 0) is 16.2 Å². The molecule has 6 nitrogen and oxygen atoms in total. The molecule has 9 heteroatoms. The van der Waals surface area contributed by atoms with Crippen molar-refractivity contribution in [1.29, 1.82) is 0 Å². The summed E-state index contributed by atoms with van der Waals surface area (Å²) in [6.07, 6.45) is 3.50. The maximum absolute atomic E-state index is 14.0. The van der Waals surface area contributed by atoms with Crippen LogP contribution in [0.15, 0.2) is 51.9 Å². The van der Waals surface area contributed by atoms with Gasteiger partial charge in [0.2, 0.25) is 0 Å². The van der Waals surface area contributed by atoms with E-state index in [1.54, 1.807) is 18.4 Å². The Hall–Kier alpha value is -2.94. The zero-order valence-electron chi connectivity index (χ0n) is 15.7. The Labute approximate surface area is 160 Å². The third-order valence-corrected chi connectivity index (χ3v) is 4.84. The van der Waals surface area contributed by atoms with Gasteiger partial charge in [-0.15, -0.1) is 0 Å². The molecule has 0 saturated heterocycles. The third-order valence-electron chi connectivity index (χ3n) is 4.84. The van der Waals surface area contributed by atoms with Crippen molar-refractivity contribution in [2.24, 2.45) is 4.99 Å². The minimum Gasteiger partial charge on any atom is -0.486 e. The predicted molar refractivity (Wildman–Crippen MR) is 95.6 cm³/mol.